The van der Waals surface area contributed by atoms with Crippen LogP contribution in [0.1, 0.15) is 50.5 Å². The molecule has 1 aliphatic carbocycles. The summed E-state index contributed by atoms with van der Waals surface area (Å²) in [4.78, 5) is 23.5. The van der Waals surface area contributed by atoms with Gasteiger partial charge in [-0.3, -0.25) is 4.79 Å². The number of carbonyl (C=O) groups is 1. The second-order valence-corrected chi connectivity index (χ2v) is 7.83. The van der Waals surface area contributed by atoms with Gasteiger partial charge < -0.3 is 15.5 Å². The first-order valence-corrected chi connectivity index (χ1v) is 10.5. The Kier molecular flexibility index (Phi) is 6.04. The van der Waals surface area contributed by atoms with Gasteiger partial charge in [0, 0.05) is 37.3 Å². The molecule has 148 valence electrons. The van der Waals surface area contributed by atoms with Crippen molar-refractivity contribution in [2.45, 2.75) is 51.5 Å². The summed E-state index contributed by atoms with van der Waals surface area (Å²) in [6, 6.07) is 10.1. The van der Waals surface area contributed by atoms with Crippen LogP contribution in [0.25, 0.3) is 0 Å². The maximum absolute atomic E-state index is 12.5. The highest BCUT2D eigenvalue weighted by molar-refractivity contribution is 5.92. The van der Waals surface area contributed by atoms with Crippen LogP contribution in [-0.4, -0.2) is 29.0 Å². The second kappa shape index (κ2) is 9.04. The molecule has 2 heterocycles. The first-order chi connectivity index (χ1) is 13.8. The second-order valence-electron chi connectivity index (χ2n) is 7.83. The Bertz CT molecular complexity index is 797. The third-order valence-corrected chi connectivity index (χ3v) is 5.73. The summed E-state index contributed by atoms with van der Waals surface area (Å²) in [7, 11) is 0. The molecule has 0 unspecified atom stereocenters. The Labute approximate surface area is 166 Å². The highest BCUT2D eigenvalue weighted by Gasteiger charge is 2.21. The van der Waals surface area contributed by atoms with Gasteiger partial charge in [-0.1, -0.05) is 31.4 Å². The van der Waals surface area contributed by atoms with E-state index in [1.165, 1.54) is 32.1 Å². The standard InChI is InChI=1S/C22H29N5O/c28-22(18-8-2-1-3-9-18)26-19-10-6-7-17(13-19)15-23-20-14-21(25-16-24-20)27-11-4-5-12-27/h6-7,10,13-14,16,18H,1-5,8-9,11-12,15H2,(H,26,28)(H,23,24,25). The third kappa shape index (κ3) is 4.80. The van der Waals surface area contributed by atoms with Gasteiger partial charge in [0.25, 0.3) is 0 Å². The van der Waals surface area contributed by atoms with Crippen LogP contribution in [0, 0.1) is 5.92 Å². The third-order valence-electron chi connectivity index (χ3n) is 5.73. The van der Waals surface area contributed by atoms with E-state index in [9.17, 15) is 4.79 Å². The van der Waals surface area contributed by atoms with E-state index in [0.717, 1.165) is 48.8 Å². The number of nitrogens with zero attached hydrogens (tertiary/aromatic N) is 3. The van der Waals surface area contributed by atoms with Crippen molar-refractivity contribution in [2.24, 2.45) is 5.92 Å². The molecule has 28 heavy (non-hydrogen) atoms. The van der Waals surface area contributed by atoms with E-state index < -0.39 is 0 Å². The fraction of sp³-hybridized carbons (Fsp3) is 0.500. The topological polar surface area (TPSA) is 70.2 Å². The molecule has 2 aliphatic rings. The Morgan fingerprint density at radius 2 is 1.86 bits per heavy atom. The van der Waals surface area contributed by atoms with Crippen LogP contribution in [0.5, 0.6) is 0 Å². The average Bonchev–Trinajstić information content (AvgIpc) is 3.28. The van der Waals surface area contributed by atoms with Gasteiger partial charge in [-0.25, -0.2) is 9.97 Å². The van der Waals surface area contributed by atoms with Crippen LogP contribution in [-0.2, 0) is 11.3 Å². The number of rotatable bonds is 6. The Balaban J connectivity index is 1.34. The van der Waals surface area contributed by atoms with Gasteiger partial charge in [-0.2, -0.15) is 0 Å². The van der Waals surface area contributed by atoms with Crippen molar-refractivity contribution in [3.8, 4) is 0 Å². The van der Waals surface area contributed by atoms with Crippen molar-refractivity contribution in [3.63, 3.8) is 0 Å². The van der Waals surface area contributed by atoms with Crippen molar-refractivity contribution in [1.82, 2.24) is 9.97 Å². The van der Waals surface area contributed by atoms with Crippen molar-refractivity contribution >= 4 is 23.2 Å². The molecule has 0 radical (unpaired) electrons. The molecule has 1 aromatic heterocycles. The summed E-state index contributed by atoms with van der Waals surface area (Å²) in [5.74, 6) is 2.15. The molecule has 1 saturated heterocycles. The fourth-order valence-corrected chi connectivity index (χ4v) is 4.12. The molecule has 1 aliphatic heterocycles. The number of hydrogen-bond acceptors (Lipinski definition) is 5. The minimum Gasteiger partial charge on any atom is -0.366 e. The lowest BCUT2D eigenvalue weighted by molar-refractivity contribution is -0.120. The number of hydrogen-bond donors (Lipinski definition) is 2. The lowest BCUT2D eigenvalue weighted by atomic mass is 9.88. The largest absolute Gasteiger partial charge is 0.366 e. The van der Waals surface area contributed by atoms with Crippen LogP contribution in [0.15, 0.2) is 36.7 Å². The molecule has 1 aromatic carbocycles. The van der Waals surface area contributed by atoms with Crippen molar-refractivity contribution in [2.75, 3.05) is 28.6 Å². The van der Waals surface area contributed by atoms with Gasteiger partial charge in [0.15, 0.2) is 0 Å². The smallest absolute Gasteiger partial charge is 0.227 e. The lowest BCUT2D eigenvalue weighted by Crippen LogP contribution is -2.24. The summed E-state index contributed by atoms with van der Waals surface area (Å²) in [6.07, 6.45) is 9.70. The fourth-order valence-electron chi connectivity index (χ4n) is 4.12. The molecule has 2 N–H and O–H groups in total. The van der Waals surface area contributed by atoms with Crippen LogP contribution in [0.2, 0.25) is 0 Å². The number of aromatic nitrogens is 2. The summed E-state index contributed by atoms with van der Waals surface area (Å²) in [5, 5.41) is 6.48. The van der Waals surface area contributed by atoms with Gasteiger partial charge in [0.1, 0.15) is 18.0 Å². The molecular weight excluding hydrogens is 350 g/mol. The monoisotopic (exact) mass is 379 g/mol. The van der Waals surface area contributed by atoms with E-state index >= 15 is 0 Å². The number of carbonyl (C=O) groups excluding carboxylic acids is 1. The highest BCUT2D eigenvalue weighted by Crippen LogP contribution is 2.25. The van der Waals surface area contributed by atoms with E-state index in [4.69, 9.17) is 0 Å². The van der Waals surface area contributed by atoms with Gasteiger partial charge in [-0.15, -0.1) is 0 Å². The molecule has 0 atom stereocenters. The minimum absolute atomic E-state index is 0.163. The van der Waals surface area contributed by atoms with Gasteiger partial charge >= 0.3 is 0 Å². The highest BCUT2D eigenvalue weighted by atomic mass is 16.1. The average molecular weight is 380 g/mol. The molecule has 6 nitrogen and oxygen atoms in total. The molecule has 0 spiro atoms. The van der Waals surface area contributed by atoms with Crippen LogP contribution in [0.3, 0.4) is 0 Å². The molecule has 1 amide bonds. The lowest BCUT2D eigenvalue weighted by Gasteiger charge is -2.21. The normalized spacial score (nSPS) is 17.5. The summed E-state index contributed by atoms with van der Waals surface area (Å²) >= 11 is 0. The van der Waals surface area contributed by atoms with E-state index in [0.29, 0.717) is 6.54 Å². The van der Waals surface area contributed by atoms with Crippen LogP contribution in [0.4, 0.5) is 17.3 Å². The van der Waals surface area contributed by atoms with Gasteiger partial charge in [0.2, 0.25) is 5.91 Å². The van der Waals surface area contributed by atoms with Crippen LogP contribution < -0.4 is 15.5 Å². The quantitative estimate of drug-likeness (QED) is 0.787. The molecule has 0 bridgehead atoms. The summed E-state index contributed by atoms with van der Waals surface area (Å²) in [6.45, 7) is 2.79. The first-order valence-electron chi connectivity index (χ1n) is 10.5. The maximum atomic E-state index is 12.5. The summed E-state index contributed by atoms with van der Waals surface area (Å²) in [5.41, 5.74) is 1.98. The zero-order valence-electron chi connectivity index (χ0n) is 16.4. The number of anilines is 3. The number of amides is 1. The molecule has 4 rings (SSSR count). The summed E-state index contributed by atoms with van der Waals surface area (Å²) < 4.78 is 0. The van der Waals surface area contributed by atoms with Gasteiger partial charge in [-0.05, 0) is 43.4 Å². The van der Waals surface area contributed by atoms with Crippen molar-refractivity contribution < 1.29 is 4.79 Å². The molecule has 6 heteroatoms. The molecule has 2 aromatic rings. The Morgan fingerprint density at radius 3 is 2.68 bits per heavy atom. The Hall–Kier alpha value is -2.63. The van der Waals surface area contributed by atoms with Crippen molar-refractivity contribution in [1.29, 1.82) is 0 Å². The zero-order chi connectivity index (χ0) is 19.2. The molecule has 2 fully saturated rings. The number of nitrogens with one attached hydrogen (secondary N) is 2. The van der Waals surface area contributed by atoms with E-state index in [-0.39, 0.29) is 11.8 Å². The Morgan fingerprint density at radius 1 is 1.04 bits per heavy atom. The molecule has 1 saturated carbocycles. The first kappa shape index (κ1) is 18.7. The maximum Gasteiger partial charge on any atom is 0.227 e. The SMILES string of the molecule is O=C(Nc1cccc(CNc2cc(N3CCCC3)ncn2)c1)C1CCCCC1. The van der Waals surface area contributed by atoms with E-state index in [2.05, 4.69) is 31.6 Å². The van der Waals surface area contributed by atoms with E-state index in [1.807, 2.05) is 24.3 Å². The minimum atomic E-state index is 0.163. The van der Waals surface area contributed by atoms with Crippen molar-refractivity contribution in [3.05, 3.63) is 42.2 Å². The zero-order valence-corrected chi connectivity index (χ0v) is 16.4. The molecular formula is C22H29N5O. The van der Waals surface area contributed by atoms with E-state index in [1.54, 1.807) is 6.33 Å². The predicted molar refractivity (Wildman–Crippen MR) is 112 cm³/mol. The van der Waals surface area contributed by atoms with Gasteiger partial charge in [0.05, 0.1) is 0 Å². The predicted octanol–water partition coefficient (Wildman–Crippen LogP) is 4.21. The number of benzene rings is 1. The van der Waals surface area contributed by atoms with Crippen LogP contribution >= 0.6 is 0 Å².